The van der Waals surface area contributed by atoms with E-state index in [-0.39, 0.29) is 11.4 Å². The number of methoxy groups -OCH3 is 1. The number of carbonyl (C=O) groups is 1. The van der Waals surface area contributed by atoms with E-state index in [1.807, 2.05) is 0 Å². The molecule has 164 valence electrons. The fourth-order valence-corrected chi connectivity index (χ4v) is 3.64. The average molecular weight is 460 g/mol. The summed E-state index contributed by atoms with van der Waals surface area (Å²) in [5, 5.41) is 10.9. The van der Waals surface area contributed by atoms with Crippen LogP contribution in [0.4, 0.5) is 18.9 Å². The Morgan fingerprint density at radius 3 is 2.75 bits per heavy atom. The number of fused-ring (bicyclic) bond motifs is 1. The minimum absolute atomic E-state index is 0.176. The van der Waals surface area contributed by atoms with Crippen molar-refractivity contribution >= 4 is 34.5 Å². The molecule has 4 aromatic rings. The van der Waals surface area contributed by atoms with Gasteiger partial charge in [0.05, 0.1) is 29.8 Å². The maximum atomic E-state index is 13.1. The van der Waals surface area contributed by atoms with Crippen LogP contribution in [-0.4, -0.2) is 43.7 Å². The third-order valence-electron chi connectivity index (χ3n) is 4.35. The monoisotopic (exact) mass is 460 g/mol. The Kier molecular flexibility index (Phi) is 5.95. The lowest BCUT2D eigenvalue weighted by atomic mass is 10.1. The van der Waals surface area contributed by atoms with Crippen LogP contribution in [0.1, 0.15) is 5.56 Å². The van der Waals surface area contributed by atoms with Crippen molar-refractivity contribution in [1.82, 2.24) is 25.0 Å². The van der Waals surface area contributed by atoms with Crippen LogP contribution in [0.25, 0.3) is 16.9 Å². The SMILES string of the molecule is COc1cccc(-n2nnc3c(SCC(=O)Nc4ccccc4C(F)(F)F)ncnc32)c1. The molecular formula is C20H15F3N6O2S. The summed E-state index contributed by atoms with van der Waals surface area (Å²) in [7, 11) is 1.55. The zero-order valence-corrected chi connectivity index (χ0v) is 17.3. The molecule has 0 atom stereocenters. The molecule has 0 aliphatic rings. The summed E-state index contributed by atoms with van der Waals surface area (Å²) in [6.07, 6.45) is -3.27. The molecule has 0 bridgehead atoms. The van der Waals surface area contributed by atoms with E-state index in [2.05, 4.69) is 25.6 Å². The van der Waals surface area contributed by atoms with Crippen LogP contribution in [0.15, 0.2) is 59.9 Å². The van der Waals surface area contributed by atoms with E-state index in [0.717, 1.165) is 17.8 Å². The third-order valence-corrected chi connectivity index (χ3v) is 5.33. The van der Waals surface area contributed by atoms with Crippen LogP contribution in [0.5, 0.6) is 5.75 Å². The van der Waals surface area contributed by atoms with E-state index in [0.29, 0.717) is 27.6 Å². The Hall–Kier alpha value is -3.67. The molecule has 1 amide bonds. The van der Waals surface area contributed by atoms with Gasteiger partial charge in [-0.2, -0.15) is 17.9 Å². The average Bonchev–Trinajstić information content (AvgIpc) is 3.22. The summed E-state index contributed by atoms with van der Waals surface area (Å²) in [5.74, 6) is -0.158. The number of thioether (sulfide) groups is 1. The van der Waals surface area contributed by atoms with Crippen molar-refractivity contribution in [3.63, 3.8) is 0 Å². The fraction of sp³-hybridized carbons (Fsp3) is 0.150. The number of anilines is 1. The molecule has 0 spiro atoms. The predicted molar refractivity (Wildman–Crippen MR) is 112 cm³/mol. The van der Waals surface area contributed by atoms with Crippen LogP contribution in [0, 0.1) is 0 Å². The van der Waals surface area contributed by atoms with Gasteiger partial charge in [0.1, 0.15) is 17.1 Å². The molecule has 0 radical (unpaired) electrons. The molecule has 1 N–H and O–H groups in total. The summed E-state index contributed by atoms with van der Waals surface area (Å²) < 4.78 is 46.1. The first-order valence-corrected chi connectivity index (χ1v) is 10.1. The minimum atomic E-state index is -4.57. The summed E-state index contributed by atoms with van der Waals surface area (Å²) in [6.45, 7) is 0. The molecule has 32 heavy (non-hydrogen) atoms. The van der Waals surface area contributed by atoms with Gasteiger partial charge in [-0.1, -0.05) is 35.2 Å². The number of aromatic nitrogens is 5. The number of ether oxygens (including phenoxy) is 1. The lowest BCUT2D eigenvalue weighted by Gasteiger charge is -2.13. The van der Waals surface area contributed by atoms with Crippen LogP contribution in [0.3, 0.4) is 0 Å². The third kappa shape index (κ3) is 4.49. The van der Waals surface area contributed by atoms with Crippen molar-refractivity contribution in [2.75, 3.05) is 18.2 Å². The van der Waals surface area contributed by atoms with Gasteiger partial charge in [-0.05, 0) is 24.3 Å². The van der Waals surface area contributed by atoms with Crippen molar-refractivity contribution in [3.8, 4) is 11.4 Å². The second kappa shape index (κ2) is 8.83. The van der Waals surface area contributed by atoms with Gasteiger partial charge in [-0.25, -0.2) is 9.97 Å². The molecule has 0 aliphatic carbocycles. The normalized spacial score (nSPS) is 11.5. The fourth-order valence-electron chi connectivity index (χ4n) is 2.91. The Morgan fingerprint density at radius 1 is 1.16 bits per heavy atom. The quantitative estimate of drug-likeness (QED) is 0.344. The molecule has 0 fully saturated rings. The van der Waals surface area contributed by atoms with Gasteiger partial charge in [0.25, 0.3) is 0 Å². The number of carbonyl (C=O) groups excluding carboxylic acids is 1. The van der Waals surface area contributed by atoms with Gasteiger partial charge < -0.3 is 10.1 Å². The van der Waals surface area contributed by atoms with E-state index in [4.69, 9.17) is 4.74 Å². The highest BCUT2D eigenvalue weighted by molar-refractivity contribution is 8.00. The number of hydrogen-bond donors (Lipinski definition) is 1. The van der Waals surface area contributed by atoms with Gasteiger partial charge in [0, 0.05) is 6.07 Å². The molecule has 0 saturated carbocycles. The molecule has 8 nitrogen and oxygen atoms in total. The highest BCUT2D eigenvalue weighted by Gasteiger charge is 2.33. The maximum Gasteiger partial charge on any atom is 0.418 e. The molecule has 12 heteroatoms. The molecule has 2 heterocycles. The maximum absolute atomic E-state index is 13.1. The lowest BCUT2D eigenvalue weighted by Crippen LogP contribution is -2.18. The molecule has 2 aromatic heterocycles. The largest absolute Gasteiger partial charge is 0.497 e. The first-order valence-electron chi connectivity index (χ1n) is 9.16. The second-order valence-electron chi connectivity index (χ2n) is 6.43. The zero-order valence-electron chi connectivity index (χ0n) is 16.5. The van der Waals surface area contributed by atoms with Crippen molar-refractivity contribution in [3.05, 3.63) is 60.4 Å². The number of nitrogens with one attached hydrogen (secondary N) is 1. The number of benzene rings is 2. The topological polar surface area (TPSA) is 94.8 Å². The van der Waals surface area contributed by atoms with E-state index in [9.17, 15) is 18.0 Å². The Bertz CT molecular complexity index is 1280. The van der Waals surface area contributed by atoms with Gasteiger partial charge in [0.2, 0.25) is 5.91 Å². The van der Waals surface area contributed by atoms with Gasteiger partial charge in [-0.15, -0.1) is 5.10 Å². The van der Waals surface area contributed by atoms with Crippen molar-refractivity contribution in [2.24, 2.45) is 0 Å². The number of rotatable bonds is 6. The van der Waals surface area contributed by atoms with Crippen LogP contribution < -0.4 is 10.1 Å². The highest BCUT2D eigenvalue weighted by atomic mass is 32.2. The van der Waals surface area contributed by atoms with Crippen molar-refractivity contribution < 1.29 is 22.7 Å². The number of hydrogen-bond acceptors (Lipinski definition) is 7. The molecule has 0 saturated heterocycles. The van der Waals surface area contributed by atoms with E-state index in [1.165, 1.54) is 29.2 Å². The van der Waals surface area contributed by atoms with Crippen molar-refractivity contribution in [1.29, 1.82) is 0 Å². The molecule has 0 aliphatic heterocycles. The number of halogens is 3. The zero-order chi connectivity index (χ0) is 22.7. The van der Waals surface area contributed by atoms with E-state index < -0.39 is 17.6 Å². The molecule has 2 aromatic carbocycles. The molecular weight excluding hydrogens is 445 g/mol. The predicted octanol–water partition coefficient (Wildman–Crippen LogP) is 3.97. The summed E-state index contributed by atoms with van der Waals surface area (Å²) in [5.41, 5.74) is 0.233. The van der Waals surface area contributed by atoms with E-state index >= 15 is 0 Å². The summed E-state index contributed by atoms with van der Waals surface area (Å²) >= 11 is 1.02. The smallest absolute Gasteiger partial charge is 0.418 e. The van der Waals surface area contributed by atoms with Crippen LogP contribution >= 0.6 is 11.8 Å². The summed E-state index contributed by atoms with van der Waals surface area (Å²) in [6, 6.07) is 11.9. The molecule has 0 unspecified atom stereocenters. The number of amides is 1. The first kappa shape index (κ1) is 21.6. The number of alkyl halides is 3. The van der Waals surface area contributed by atoms with Gasteiger partial charge in [0.15, 0.2) is 11.2 Å². The van der Waals surface area contributed by atoms with Crippen LogP contribution in [0.2, 0.25) is 0 Å². The number of nitrogens with zero attached hydrogens (tertiary/aromatic N) is 5. The second-order valence-corrected chi connectivity index (χ2v) is 7.40. The highest BCUT2D eigenvalue weighted by Crippen LogP contribution is 2.34. The Balaban J connectivity index is 1.52. The lowest BCUT2D eigenvalue weighted by molar-refractivity contribution is -0.137. The van der Waals surface area contributed by atoms with Crippen molar-refractivity contribution in [2.45, 2.75) is 11.2 Å². The van der Waals surface area contributed by atoms with E-state index in [1.54, 1.807) is 31.4 Å². The standard InChI is InChI=1S/C20H15F3N6O2S/c1-31-13-6-4-5-12(9-13)29-18-17(27-28-29)19(25-11-24-18)32-10-16(30)26-15-8-3-2-7-14(15)20(21,22)23/h2-9,11H,10H2,1H3,(H,26,30). The van der Waals surface area contributed by atoms with Gasteiger partial charge in [-0.3, -0.25) is 4.79 Å². The first-order chi connectivity index (χ1) is 15.4. The number of para-hydroxylation sites is 1. The summed E-state index contributed by atoms with van der Waals surface area (Å²) in [4.78, 5) is 20.6. The Labute approximate surface area is 183 Å². The minimum Gasteiger partial charge on any atom is -0.497 e. The van der Waals surface area contributed by atoms with Gasteiger partial charge >= 0.3 is 6.18 Å². The molecule has 4 rings (SSSR count). The Morgan fingerprint density at radius 2 is 1.97 bits per heavy atom. The van der Waals surface area contributed by atoms with Crippen LogP contribution in [-0.2, 0) is 11.0 Å².